The first kappa shape index (κ1) is 22.0. The number of furan rings is 1. The molecule has 0 radical (unpaired) electrons. The molecule has 1 saturated heterocycles. The zero-order valence-corrected chi connectivity index (χ0v) is 19.3. The highest BCUT2D eigenvalue weighted by Gasteiger charge is 2.39. The van der Waals surface area contributed by atoms with Gasteiger partial charge in [-0.25, -0.2) is 0 Å². The van der Waals surface area contributed by atoms with E-state index in [0.29, 0.717) is 47.7 Å². The fraction of sp³-hybridized carbons (Fsp3) is 0.444. The Morgan fingerprint density at radius 1 is 1.09 bits per heavy atom. The Labute approximate surface area is 194 Å². The van der Waals surface area contributed by atoms with Gasteiger partial charge in [-0.15, -0.1) is 0 Å². The molecule has 1 aromatic heterocycles. The number of morpholine rings is 1. The van der Waals surface area contributed by atoms with Gasteiger partial charge in [0.15, 0.2) is 17.1 Å². The normalized spacial score (nSPS) is 20.7. The Morgan fingerprint density at radius 3 is 2.64 bits per heavy atom. The van der Waals surface area contributed by atoms with E-state index in [1.165, 1.54) is 5.56 Å². The Hall–Kier alpha value is -2.83. The summed E-state index contributed by atoms with van der Waals surface area (Å²) in [7, 11) is 0. The van der Waals surface area contributed by atoms with Crippen LogP contribution in [0.1, 0.15) is 40.7 Å². The maximum atomic E-state index is 12.7. The van der Waals surface area contributed by atoms with Gasteiger partial charge in [0.25, 0.3) is 0 Å². The zero-order valence-electron chi connectivity index (χ0n) is 19.3. The van der Waals surface area contributed by atoms with Crippen LogP contribution in [0.25, 0.3) is 11.0 Å². The molecule has 174 valence electrons. The van der Waals surface area contributed by atoms with E-state index in [1.807, 2.05) is 19.1 Å². The lowest BCUT2D eigenvalue weighted by Crippen LogP contribution is -2.38. The van der Waals surface area contributed by atoms with Crippen LogP contribution in [0.5, 0.6) is 11.5 Å². The highest BCUT2D eigenvalue weighted by atomic mass is 16.5. The van der Waals surface area contributed by atoms with Crippen LogP contribution in [0.4, 0.5) is 0 Å². The van der Waals surface area contributed by atoms with Crippen LogP contribution in [0, 0.1) is 12.8 Å². The molecule has 33 heavy (non-hydrogen) atoms. The van der Waals surface area contributed by atoms with Crippen LogP contribution < -0.4 is 9.47 Å². The van der Waals surface area contributed by atoms with Crippen molar-refractivity contribution in [2.45, 2.75) is 26.2 Å². The first-order chi connectivity index (χ1) is 16.1. The van der Waals surface area contributed by atoms with Crippen LogP contribution in [-0.4, -0.2) is 56.7 Å². The second-order valence-corrected chi connectivity index (χ2v) is 9.00. The molecule has 1 aliphatic heterocycles. The van der Waals surface area contributed by atoms with Gasteiger partial charge in [-0.2, -0.15) is 0 Å². The van der Waals surface area contributed by atoms with Crippen molar-refractivity contribution in [1.82, 2.24) is 4.90 Å². The van der Waals surface area contributed by atoms with Crippen molar-refractivity contribution >= 4 is 16.8 Å². The third-order valence-electron chi connectivity index (χ3n) is 6.79. The Balaban J connectivity index is 1.38. The summed E-state index contributed by atoms with van der Waals surface area (Å²) in [5.41, 5.74) is 3.45. The van der Waals surface area contributed by atoms with Crippen molar-refractivity contribution in [3.8, 4) is 11.5 Å². The molecule has 0 spiro atoms. The third-order valence-corrected chi connectivity index (χ3v) is 6.79. The number of benzene rings is 2. The molecule has 0 N–H and O–H groups in total. The number of Topliss-reactive ketones (excluding diaryl/α,β-unsaturated/α-hetero) is 1. The summed E-state index contributed by atoms with van der Waals surface area (Å²) in [6.07, 6.45) is 2.75. The van der Waals surface area contributed by atoms with Gasteiger partial charge >= 0.3 is 0 Å². The molecule has 5 rings (SSSR count). The van der Waals surface area contributed by atoms with Gasteiger partial charge in [-0.05, 0) is 43.4 Å². The van der Waals surface area contributed by atoms with Crippen LogP contribution >= 0.6 is 0 Å². The Kier molecular flexibility index (Phi) is 6.38. The molecule has 2 heterocycles. The van der Waals surface area contributed by atoms with E-state index in [4.69, 9.17) is 18.6 Å². The van der Waals surface area contributed by atoms with E-state index in [-0.39, 0.29) is 5.78 Å². The maximum Gasteiger partial charge on any atom is 0.205 e. The molecular formula is C27H31NO5. The van der Waals surface area contributed by atoms with Gasteiger partial charge in [-0.3, -0.25) is 9.69 Å². The van der Waals surface area contributed by atoms with Crippen LogP contribution in [0.15, 0.2) is 47.1 Å². The zero-order chi connectivity index (χ0) is 22.8. The van der Waals surface area contributed by atoms with E-state index < -0.39 is 0 Å². The summed E-state index contributed by atoms with van der Waals surface area (Å²) in [5, 5.41) is 0.895. The molecule has 2 unspecified atom stereocenters. The molecule has 1 aliphatic carbocycles. The lowest BCUT2D eigenvalue weighted by Gasteiger charge is -2.27. The largest absolute Gasteiger partial charge is 0.487 e. The first-order valence-corrected chi connectivity index (χ1v) is 11.8. The molecule has 2 atom stereocenters. The number of fused-ring (bicyclic) bond motifs is 1. The SMILES string of the molecule is CC(=O)c1c(OCCN2CCOCC2)c(OCC2CC2c2ccccc2)c2occc2c1C. The molecule has 1 saturated carbocycles. The number of aryl methyl sites for hydroxylation is 1. The van der Waals surface area contributed by atoms with Crippen molar-refractivity contribution in [2.24, 2.45) is 5.92 Å². The van der Waals surface area contributed by atoms with E-state index in [1.54, 1.807) is 13.2 Å². The average molecular weight is 450 g/mol. The van der Waals surface area contributed by atoms with Gasteiger partial charge in [0.2, 0.25) is 5.75 Å². The second kappa shape index (κ2) is 9.57. The minimum Gasteiger partial charge on any atom is -0.487 e. The number of hydrogen-bond acceptors (Lipinski definition) is 6. The van der Waals surface area contributed by atoms with Gasteiger partial charge < -0.3 is 18.6 Å². The number of nitrogens with zero attached hydrogens (tertiary/aromatic N) is 1. The van der Waals surface area contributed by atoms with Gasteiger partial charge in [0.1, 0.15) is 6.61 Å². The predicted octanol–water partition coefficient (Wildman–Crippen LogP) is 4.84. The quantitative estimate of drug-likeness (QED) is 0.436. The van der Waals surface area contributed by atoms with Crippen LogP contribution in [0.2, 0.25) is 0 Å². The smallest absolute Gasteiger partial charge is 0.205 e. The molecule has 6 heteroatoms. The molecule has 0 amide bonds. The highest BCUT2D eigenvalue weighted by molar-refractivity contribution is 6.05. The summed E-state index contributed by atoms with van der Waals surface area (Å²) in [6, 6.07) is 12.5. The lowest BCUT2D eigenvalue weighted by atomic mass is 9.99. The van der Waals surface area contributed by atoms with Crippen molar-refractivity contribution in [2.75, 3.05) is 46.1 Å². The van der Waals surface area contributed by atoms with Gasteiger partial charge in [0.05, 0.1) is 31.6 Å². The summed E-state index contributed by atoms with van der Waals surface area (Å²) in [6.45, 7) is 8.61. The molecule has 6 nitrogen and oxygen atoms in total. The Morgan fingerprint density at radius 2 is 1.88 bits per heavy atom. The minimum atomic E-state index is -0.0320. The van der Waals surface area contributed by atoms with Crippen LogP contribution in [0.3, 0.4) is 0 Å². The first-order valence-electron chi connectivity index (χ1n) is 11.8. The van der Waals surface area contributed by atoms with E-state index in [0.717, 1.165) is 50.2 Å². The monoisotopic (exact) mass is 449 g/mol. The van der Waals surface area contributed by atoms with Crippen LogP contribution in [-0.2, 0) is 4.74 Å². The highest BCUT2D eigenvalue weighted by Crippen LogP contribution is 2.49. The number of hydrogen-bond donors (Lipinski definition) is 0. The number of rotatable bonds is 9. The molecule has 3 aromatic rings. The predicted molar refractivity (Wildman–Crippen MR) is 126 cm³/mol. The Bertz CT molecular complexity index is 1120. The number of ketones is 1. The van der Waals surface area contributed by atoms with Gasteiger partial charge in [-0.1, -0.05) is 30.3 Å². The number of carbonyl (C=O) groups is 1. The lowest BCUT2D eigenvalue weighted by molar-refractivity contribution is 0.0320. The van der Waals surface area contributed by atoms with Gasteiger partial charge in [0, 0.05) is 30.9 Å². The van der Waals surface area contributed by atoms with E-state index in [2.05, 4.69) is 29.2 Å². The number of ether oxygens (including phenoxy) is 3. The average Bonchev–Trinajstić information content (AvgIpc) is 3.44. The van der Waals surface area contributed by atoms with Crippen molar-refractivity contribution in [3.63, 3.8) is 0 Å². The molecule has 2 fully saturated rings. The fourth-order valence-corrected chi connectivity index (χ4v) is 4.83. The van der Waals surface area contributed by atoms with Crippen molar-refractivity contribution < 1.29 is 23.4 Å². The van der Waals surface area contributed by atoms with E-state index >= 15 is 0 Å². The third kappa shape index (κ3) is 4.63. The van der Waals surface area contributed by atoms with Crippen molar-refractivity contribution in [1.29, 1.82) is 0 Å². The summed E-state index contributed by atoms with van der Waals surface area (Å²) in [5.74, 6) is 1.98. The van der Waals surface area contributed by atoms with Crippen molar-refractivity contribution in [3.05, 3.63) is 59.4 Å². The summed E-state index contributed by atoms with van der Waals surface area (Å²) in [4.78, 5) is 15.0. The summed E-state index contributed by atoms with van der Waals surface area (Å²) >= 11 is 0. The summed E-state index contributed by atoms with van der Waals surface area (Å²) < 4.78 is 23.9. The molecule has 2 aliphatic rings. The molecule has 2 aromatic carbocycles. The number of carbonyl (C=O) groups excluding carboxylic acids is 1. The standard InChI is InChI=1S/C27H31NO5/c1-18-22-8-12-31-25(22)27(33-17-21-16-23(21)20-6-4-3-5-7-20)26(24(18)19(2)29)32-15-11-28-9-13-30-14-10-28/h3-8,12,21,23H,9-11,13-17H2,1-2H3. The minimum absolute atomic E-state index is 0.0320. The molecule has 0 bridgehead atoms. The fourth-order valence-electron chi connectivity index (χ4n) is 4.83. The van der Waals surface area contributed by atoms with E-state index in [9.17, 15) is 4.79 Å². The maximum absolute atomic E-state index is 12.7. The second-order valence-electron chi connectivity index (χ2n) is 9.00. The molecular weight excluding hydrogens is 418 g/mol. The topological polar surface area (TPSA) is 61.1 Å².